The lowest BCUT2D eigenvalue weighted by atomic mass is 10.1. The van der Waals surface area contributed by atoms with Gasteiger partial charge in [-0.25, -0.2) is 0 Å². The van der Waals surface area contributed by atoms with Crippen molar-refractivity contribution in [2.75, 3.05) is 0 Å². The molecule has 0 atom stereocenters. The number of aromatic amines is 1. The maximum atomic E-state index is 4.43. The van der Waals surface area contributed by atoms with Crippen molar-refractivity contribution in [3.05, 3.63) is 22.6 Å². The van der Waals surface area contributed by atoms with Gasteiger partial charge in [-0.05, 0) is 33.3 Å². The molecule has 3 nitrogen and oxygen atoms in total. The van der Waals surface area contributed by atoms with Crippen molar-refractivity contribution in [3.8, 4) is 0 Å². The van der Waals surface area contributed by atoms with Crippen LogP contribution in [0.5, 0.6) is 0 Å². The van der Waals surface area contributed by atoms with Crippen molar-refractivity contribution < 1.29 is 0 Å². The Morgan fingerprint density at radius 2 is 1.69 bits per heavy atom. The number of nitrogens with one attached hydrogen (secondary N) is 1. The fraction of sp³-hybridized carbons (Fsp3) is 0.400. The molecule has 68 valence electrons. The summed E-state index contributed by atoms with van der Waals surface area (Å²) < 4.78 is 0. The predicted molar refractivity (Wildman–Crippen MR) is 52.8 cm³/mol. The summed E-state index contributed by atoms with van der Waals surface area (Å²) in [7, 11) is 0. The smallest absolute Gasteiger partial charge is 0.114 e. The van der Waals surface area contributed by atoms with Crippen LogP contribution in [0.15, 0.2) is 0 Å². The Morgan fingerprint density at radius 3 is 2.38 bits per heavy atom. The van der Waals surface area contributed by atoms with Gasteiger partial charge in [0, 0.05) is 16.8 Å². The zero-order chi connectivity index (χ0) is 9.59. The largest absolute Gasteiger partial charge is 0.282 e. The highest BCUT2D eigenvalue weighted by Crippen LogP contribution is 2.23. The van der Waals surface area contributed by atoms with Gasteiger partial charge in [0.2, 0.25) is 0 Å². The Labute approximate surface area is 77.2 Å². The first-order valence-electron chi connectivity index (χ1n) is 4.39. The normalized spacial score (nSPS) is 11.1. The standard InChI is InChI=1S/C10H13N3/c1-5-6(2)11-8(4)10-9(5)7(3)12-13-10/h1-4H3,(H,12,13). The first kappa shape index (κ1) is 8.23. The highest BCUT2D eigenvalue weighted by Gasteiger charge is 2.10. The van der Waals surface area contributed by atoms with E-state index >= 15 is 0 Å². The second-order valence-electron chi connectivity index (χ2n) is 3.48. The average Bonchev–Trinajstić information content (AvgIpc) is 2.44. The monoisotopic (exact) mass is 175 g/mol. The van der Waals surface area contributed by atoms with Gasteiger partial charge in [-0.3, -0.25) is 10.1 Å². The van der Waals surface area contributed by atoms with Gasteiger partial charge in [0.1, 0.15) is 5.52 Å². The van der Waals surface area contributed by atoms with Crippen LogP contribution < -0.4 is 0 Å². The van der Waals surface area contributed by atoms with Crippen LogP contribution in [0.4, 0.5) is 0 Å². The number of rotatable bonds is 0. The molecular weight excluding hydrogens is 162 g/mol. The molecule has 2 aromatic heterocycles. The molecular formula is C10H13N3. The van der Waals surface area contributed by atoms with E-state index in [1.54, 1.807) is 0 Å². The number of aryl methyl sites for hydroxylation is 4. The molecule has 1 N–H and O–H groups in total. The maximum Gasteiger partial charge on any atom is 0.114 e. The molecule has 2 aromatic rings. The van der Waals surface area contributed by atoms with Crippen molar-refractivity contribution >= 4 is 10.9 Å². The van der Waals surface area contributed by atoms with Gasteiger partial charge in [-0.1, -0.05) is 0 Å². The molecule has 0 unspecified atom stereocenters. The minimum atomic E-state index is 1.00. The summed E-state index contributed by atoms with van der Waals surface area (Å²) in [4.78, 5) is 4.43. The summed E-state index contributed by atoms with van der Waals surface area (Å²) in [5.41, 5.74) is 5.45. The van der Waals surface area contributed by atoms with Crippen molar-refractivity contribution in [1.29, 1.82) is 0 Å². The molecule has 0 bridgehead atoms. The van der Waals surface area contributed by atoms with Crippen LogP contribution in [0, 0.1) is 27.7 Å². The second kappa shape index (κ2) is 2.55. The molecule has 3 heteroatoms. The van der Waals surface area contributed by atoms with E-state index < -0.39 is 0 Å². The minimum Gasteiger partial charge on any atom is -0.282 e. The van der Waals surface area contributed by atoms with E-state index in [9.17, 15) is 0 Å². The lowest BCUT2D eigenvalue weighted by Gasteiger charge is -2.03. The summed E-state index contributed by atoms with van der Waals surface area (Å²) >= 11 is 0. The third kappa shape index (κ3) is 1.03. The van der Waals surface area contributed by atoms with E-state index in [4.69, 9.17) is 0 Å². The summed E-state index contributed by atoms with van der Waals surface area (Å²) in [5, 5.41) is 8.45. The van der Waals surface area contributed by atoms with Gasteiger partial charge in [0.25, 0.3) is 0 Å². The number of hydrogen-bond acceptors (Lipinski definition) is 2. The van der Waals surface area contributed by atoms with E-state index in [1.807, 2.05) is 20.8 Å². The first-order chi connectivity index (χ1) is 6.11. The summed E-state index contributed by atoms with van der Waals surface area (Å²) in [6.45, 7) is 8.16. The van der Waals surface area contributed by atoms with Gasteiger partial charge in [-0.15, -0.1) is 0 Å². The fourth-order valence-electron chi connectivity index (χ4n) is 1.72. The highest BCUT2D eigenvalue weighted by molar-refractivity contribution is 5.86. The van der Waals surface area contributed by atoms with Crippen molar-refractivity contribution in [2.45, 2.75) is 27.7 Å². The maximum absolute atomic E-state index is 4.43. The summed E-state index contributed by atoms with van der Waals surface area (Å²) in [6, 6.07) is 0. The van der Waals surface area contributed by atoms with Gasteiger partial charge >= 0.3 is 0 Å². The molecule has 0 saturated heterocycles. The Balaban J connectivity index is 3.00. The minimum absolute atomic E-state index is 1.00. The van der Waals surface area contributed by atoms with Crippen molar-refractivity contribution in [2.24, 2.45) is 0 Å². The number of hydrogen-bond donors (Lipinski definition) is 1. The Morgan fingerprint density at radius 1 is 1.00 bits per heavy atom. The molecule has 0 aliphatic carbocycles. The van der Waals surface area contributed by atoms with Crippen LogP contribution >= 0.6 is 0 Å². The number of fused-ring (bicyclic) bond motifs is 1. The average molecular weight is 175 g/mol. The summed E-state index contributed by atoms with van der Waals surface area (Å²) in [5.74, 6) is 0. The van der Waals surface area contributed by atoms with E-state index in [-0.39, 0.29) is 0 Å². The van der Waals surface area contributed by atoms with Crippen LogP contribution in [-0.4, -0.2) is 15.2 Å². The SMILES string of the molecule is Cc1nc(C)c2n[nH]c(C)c2c1C. The molecule has 0 aliphatic rings. The lowest BCUT2D eigenvalue weighted by molar-refractivity contribution is 1.05. The molecule has 0 aromatic carbocycles. The molecule has 2 rings (SSSR count). The van der Waals surface area contributed by atoms with E-state index in [2.05, 4.69) is 22.1 Å². The molecule has 0 amide bonds. The molecule has 0 spiro atoms. The van der Waals surface area contributed by atoms with Crippen LogP contribution in [0.1, 0.15) is 22.6 Å². The van der Waals surface area contributed by atoms with Crippen molar-refractivity contribution in [3.63, 3.8) is 0 Å². The van der Waals surface area contributed by atoms with E-state index in [0.717, 1.165) is 22.6 Å². The molecule has 0 aliphatic heterocycles. The fourth-order valence-corrected chi connectivity index (χ4v) is 1.72. The third-order valence-electron chi connectivity index (χ3n) is 2.54. The third-order valence-corrected chi connectivity index (χ3v) is 2.54. The number of pyridine rings is 1. The summed E-state index contributed by atoms with van der Waals surface area (Å²) in [6.07, 6.45) is 0. The Bertz CT molecular complexity index is 468. The lowest BCUT2D eigenvalue weighted by Crippen LogP contribution is -1.92. The van der Waals surface area contributed by atoms with E-state index in [0.29, 0.717) is 0 Å². The van der Waals surface area contributed by atoms with Crippen LogP contribution in [0.2, 0.25) is 0 Å². The van der Waals surface area contributed by atoms with Crippen LogP contribution in [0.3, 0.4) is 0 Å². The first-order valence-corrected chi connectivity index (χ1v) is 4.39. The topological polar surface area (TPSA) is 41.6 Å². The predicted octanol–water partition coefficient (Wildman–Crippen LogP) is 2.19. The molecule has 2 heterocycles. The van der Waals surface area contributed by atoms with E-state index in [1.165, 1.54) is 10.9 Å². The van der Waals surface area contributed by atoms with Crippen molar-refractivity contribution in [1.82, 2.24) is 15.2 Å². The number of H-pyrrole nitrogens is 1. The zero-order valence-corrected chi connectivity index (χ0v) is 8.39. The zero-order valence-electron chi connectivity index (χ0n) is 8.39. The van der Waals surface area contributed by atoms with Gasteiger partial charge in [0.05, 0.1) is 5.69 Å². The van der Waals surface area contributed by atoms with Gasteiger partial charge < -0.3 is 0 Å². The van der Waals surface area contributed by atoms with Gasteiger partial charge in [-0.2, -0.15) is 5.10 Å². The second-order valence-corrected chi connectivity index (χ2v) is 3.48. The number of aromatic nitrogens is 3. The molecule has 0 saturated carbocycles. The quantitative estimate of drug-likeness (QED) is 0.666. The number of nitrogens with zero attached hydrogens (tertiary/aromatic N) is 2. The molecule has 0 radical (unpaired) electrons. The van der Waals surface area contributed by atoms with Crippen LogP contribution in [0.25, 0.3) is 10.9 Å². The molecule has 13 heavy (non-hydrogen) atoms. The highest BCUT2D eigenvalue weighted by atomic mass is 15.1. The molecule has 0 fully saturated rings. The van der Waals surface area contributed by atoms with Crippen LogP contribution in [-0.2, 0) is 0 Å². The van der Waals surface area contributed by atoms with Gasteiger partial charge in [0.15, 0.2) is 0 Å². The Kier molecular flexibility index (Phi) is 1.62. The Hall–Kier alpha value is -1.38.